The van der Waals surface area contributed by atoms with Crippen LogP contribution in [0.4, 0.5) is 0 Å². The van der Waals surface area contributed by atoms with E-state index in [2.05, 4.69) is 33.4 Å². The third-order valence-corrected chi connectivity index (χ3v) is 5.00. The van der Waals surface area contributed by atoms with E-state index in [0.29, 0.717) is 11.6 Å². The van der Waals surface area contributed by atoms with E-state index >= 15 is 0 Å². The SMILES string of the molecule is Clc1ccc2c(c1)OCc1cc(Br)cnc1C2=C1CCNCC1. The molecule has 0 atom stereocenters. The van der Waals surface area contributed by atoms with Gasteiger partial charge in [-0.25, -0.2) is 0 Å². The van der Waals surface area contributed by atoms with Crippen molar-refractivity contribution in [1.82, 2.24) is 10.3 Å². The molecular formula is C18H16BrClN2O. The predicted octanol–water partition coefficient (Wildman–Crippen LogP) is 4.58. The predicted molar refractivity (Wildman–Crippen MR) is 95.8 cm³/mol. The number of piperidine rings is 1. The van der Waals surface area contributed by atoms with Gasteiger partial charge in [0, 0.05) is 32.4 Å². The zero-order valence-corrected chi connectivity index (χ0v) is 14.9. The summed E-state index contributed by atoms with van der Waals surface area (Å²) >= 11 is 9.68. The van der Waals surface area contributed by atoms with Gasteiger partial charge in [0.1, 0.15) is 12.4 Å². The lowest BCUT2D eigenvalue weighted by Gasteiger charge is -2.21. The highest BCUT2D eigenvalue weighted by atomic mass is 79.9. The maximum absolute atomic E-state index is 6.17. The summed E-state index contributed by atoms with van der Waals surface area (Å²) in [7, 11) is 0. The number of hydrogen-bond acceptors (Lipinski definition) is 3. The lowest BCUT2D eigenvalue weighted by atomic mass is 9.89. The van der Waals surface area contributed by atoms with Gasteiger partial charge in [-0.1, -0.05) is 17.2 Å². The average Bonchev–Trinajstić information content (AvgIpc) is 2.72. The van der Waals surface area contributed by atoms with Crippen LogP contribution in [-0.4, -0.2) is 18.1 Å². The molecule has 1 N–H and O–H groups in total. The first-order valence-corrected chi connectivity index (χ1v) is 8.90. The van der Waals surface area contributed by atoms with Crippen LogP contribution in [0, 0.1) is 0 Å². The van der Waals surface area contributed by atoms with E-state index in [9.17, 15) is 0 Å². The van der Waals surface area contributed by atoms with Crippen molar-refractivity contribution < 1.29 is 4.74 Å². The van der Waals surface area contributed by atoms with Gasteiger partial charge in [-0.2, -0.15) is 0 Å². The molecule has 5 heteroatoms. The number of rotatable bonds is 0. The van der Waals surface area contributed by atoms with Crippen molar-refractivity contribution in [3.05, 3.63) is 62.4 Å². The molecule has 1 fully saturated rings. The fraction of sp³-hybridized carbons (Fsp3) is 0.278. The van der Waals surface area contributed by atoms with Crippen molar-refractivity contribution in [1.29, 1.82) is 0 Å². The minimum Gasteiger partial charge on any atom is -0.488 e. The average molecular weight is 392 g/mol. The Morgan fingerprint density at radius 2 is 2.00 bits per heavy atom. The van der Waals surface area contributed by atoms with Crippen LogP contribution in [0.2, 0.25) is 5.02 Å². The number of hydrogen-bond donors (Lipinski definition) is 1. The van der Waals surface area contributed by atoms with Crippen LogP contribution in [0.3, 0.4) is 0 Å². The summed E-state index contributed by atoms with van der Waals surface area (Å²) < 4.78 is 7.01. The normalized spacial score (nSPS) is 17.1. The van der Waals surface area contributed by atoms with Crippen LogP contribution >= 0.6 is 27.5 Å². The molecule has 0 radical (unpaired) electrons. The third-order valence-electron chi connectivity index (χ3n) is 4.33. The van der Waals surface area contributed by atoms with Gasteiger partial charge in [-0.3, -0.25) is 4.98 Å². The van der Waals surface area contributed by atoms with Crippen molar-refractivity contribution in [2.45, 2.75) is 19.4 Å². The number of halogens is 2. The summed E-state index contributed by atoms with van der Waals surface area (Å²) in [4.78, 5) is 4.72. The second kappa shape index (κ2) is 6.27. The summed E-state index contributed by atoms with van der Waals surface area (Å²) in [6.45, 7) is 2.52. The van der Waals surface area contributed by atoms with Crippen LogP contribution in [0.1, 0.15) is 29.7 Å². The van der Waals surface area contributed by atoms with E-state index < -0.39 is 0 Å². The quantitative estimate of drug-likeness (QED) is 0.714. The largest absolute Gasteiger partial charge is 0.488 e. The standard InChI is InChI=1S/C18H16BrClN2O/c19-13-7-12-10-23-16-8-14(20)1-2-15(16)17(18(12)22-9-13)11-3-5-21-6-4-11/h1-2,7-9,21H,3-6,10H2. The minimum absolute atomic E-state index is 0.504. The van der Waals surface area contributed by atoms with Crippen molar-refractivity contribution in [3.63, 3.8) is 0 Å². The molecule has 0 unspecified atom stereocenters. The Hall–Kier alpha value is -1.36. The van der Waals surface area contributed by atoms with Gasteiger partial charge in [0.2, 0.25) is 0 Å². The second-order valence-corrected chi connectivity index (χ2v) is 7.17. The smallest absolute Gasteiger partial charge is 0.129 e. The van der Waals surface area contributed by atoms with Gasteiger partial charge in [0.25, 0.3) is 0 Å². The Morgan fingerprint density at radius 1 is 1.17 bits per heavy atom. The fourth-order valence-electron chi connectivity index (χ4n) is 3.26. The Morgan fingerprint density at radius 3 is 2.83 bits per heavy atom. The van der Waals surface area contributed by atoms with Crippen LogP contribution in [0.15, 0.2) is 40.5 Å². The number of pyridine rings is 1. The van der Waals surface area contributed by atoms with Crippen molar-refractivity contribution in [3.8, 4) is 5.75 Å². The Bertz CT molecular complexity index is 740. The molecule has 0 aliphatic carbocycles. The molecule has 0 amide bonds. The zero-order valence-electron chi connectivity index (χ0n) is 12.5. The summed E-state index contributed by atoms with van der Waals surface area (Å²) in [6, 6.07) is 7.98. The minimum atomic E-state index is 0.504. The first-order chi connectivity index (χ1) is 11.2. The lowest BCUT2D eigenvalue weighted by Crippen LogP contribution is -2.24. The summed E-state index contributed by atoms with van der Waals surface area (Å²) in [5.74, 6) is 0.840. The molecule has 118 valence electrons. The molecule has 2 aliphatic rings. The van der Waals surface area contributed by atoms with E-state index in [1.54, 1.807) is 0 Å². The molecule has 0 bridgehead atoms. The second-order valence-electron chi connectivity index (χ2n) is 5.82. The summed E-state index contributed by atoms with van der Waals surface area (Å²) in [6.07, 6.45) is 3.94. The monoisotopic (exact) mass is 390 g/mol. The van der Waals surface area contributed by atoms with E-state index in [1.807, 2.05) is 18.3 Å². The number of aromatic nitrogens is 1. The Kier molecular flexibility index (Phi) is 4.14. The van der Waals surface area contributed by atoms with Crippen molar-refractivity contribution in [2.75, 3.05) is 13.1 Å². The number of ether oxygens (including phenoxy) is 1. The van der Waals surface area contributed by atoms with Crippen molar-refractivity contribution >= 4 is 33.1 Å². The first kappa shape index (κ1) is 15.2. The molecule has 1 aromatic heterocycles. The molecular weight excluding hydrogens is 376 g/mol. The van der Waals surface area contributed by atoms with E-state index in [-0.39, 0.29) is 0 Å². The zero-order chi connectivity index (χ0) is 15.8. The molecule has 3 heterocycles. The van der Waals surface area contributed by atoms with Crippen molar-refractivity contribution in [2.24, 2.45) is 0 Å². The highest BCUT2D eigenvalue weighted by molar-refractivity contribution is 9.10. The van der Waals surface area contributed by atoms with Crippen LogP contribution in [0.5, 0.6) is 5.75 Å². The highest BCUT2D eigenvalue weighted by Gasteiger charge is 2.24. The molecule has 2 aromatic rings. The molecule has 23 heavy (non-hydrogen) atoms. The van der Waals surface area contributed by atoms with Gasteiger partial charge in [-0.05, 0) is 66.1 Å². The number of nitrogens with zero attached hydrogens (tertiary/aromatic N) is 1. The summed E-state index contributed by atoms with van der Waals surface area (Å²) in [5.41, 5.74) is 5.89. The molecule has 4 rings (SSSR count). The maximum atomic E-state index is 6.17. The Balaban J connectivity index is 1.98. The van der Waals surface area contributed by atoms with E-state index in [0.717, 1.165) is 53.0 Å². The van der Waals surface area contributed by atoms with E-state index in [1.165, 1.54) is 11.1 Å². The molecule has 3 nitrogen and oxygen atoms in total. The lowest BCUT2D eigenvalue weighted by molar-refractivity contribution is 0.307. The van der Waals surface area contributed by atoms with Crippen LogP contribution in [-0.2, 0) is 6.61 Å². The molecule has 1 aromatic carbocycles. The Labute approximate surface area is 148 Å². The summed E-state index contributed by atoms with van der Waals surface area (Å²) in [5, 5.41) is 4.11. The fourth-order valence-corrected chi connectivity index (χ4v) is 3.80. The molecule has 0 saturated carbocycles. The third kappa shape index (κ3) is 2.91. The number of nitrogens with one attached hydrogen (secondary N) is 1. The maximum Gasteiger partial charge on any atom is 0.129 e. The van der Waals surface area contributed by atoms with Crippen LogP contribution in [0.25, 0.3) is 5.57 Å². The molecule has 2 aliphatic heterocycles. The van der Waals surface area contributed by atoms with Gasteiger partial charge in [0.15, 0.2) is 0 Å². The topological polar surface area (TPSA) is 34.1 Å². The first-order valence-electron chi connectivity index (χ1n) is 7.72. The molecule has 1 saturated heterocycles. The number of fused-ring (bicyclic) bond motifs is 2. The van der Waals surface area contributed by atoms with Gasteiger partial charge >= 0.3 is 0 Å². The van der Waals surface area contributed by atoms with Gasteiger partial charge in [0.05, 0.1) is 5.69 Å². The van der Waals surface area contributed by atoms with E-state index in [4.69, 9.17) is 21.3 Å². The van der Waals surface area contributed by atoms with Gasteiger partial charge in [-0.15, -0.1) is 0 Å². The van der Waals surface area contributed by atoms with Crippen LogP contribution < -0.4 is 10.1 Å². The van der Waals surface area contributed by atoms with Gasteiger partial charge < -0.3 is 10.1 Å². The highest BCUT2D eigenvalue weighted by Crippen LogP contribution is 2.41. The molecule has 0 spiro atoms. The number of benzene rings is 1.